The number of para-hydroxylation sites is 1. The van der Waals surface area contributed by atoms with Crippen molar-refractivity contribution in [2.45, 2.75) is 0 Å². The molecule has 0 heterocycles. The van der Waals surface area contributed by atoms with Gasteiger partial charge < -0.3 is 10.1 Å². The van der Waals surface area contributed by atoms with Crippen molar-refractivity contribution in [3.8, 4) is 0 Å². The van der Waals surface area contributed by atoms with Crippen molar-refractivity contribution in [2.75, 3.05) is 11.9 Å². The van der Waals surface area contributed by atoms with Gasteiger partial charge in [-0.1, -0.05) is 39.7 Å². The molecule has 0 aliphatic heterocycles. The number of rotatable bonds is 5. The summed E-state index contributed by atoms with van der Waals surface area (Å²) in [6, 6.07) is 10.2. The summed E-state index contributed by atoms with van der Waals surface area (Å²) in [7, 11) is 0. The van der Waals surface area contributed by atoms with Crippen LogP contribution in [0.1, 0.15) is 10.4 Å². The Labute approximate surface area is 149 Å². The highest BCUT2D eigenvalue weighted by Gasteiger charge is 2.21. The highest BCUT2D eigenvalue weighted by Crippen LogP contribution is 2.25. The average Bonchev–Trinajstić information content (AvgIpc) is 2.55. The van der Waals surface area contributed by atoms with Crippen molar-refractivity contribution in [3.63, 3.8) is 0 Å². The van der Waals surface area contributed by atoms with Gasteiger partial charge in [-0.15, -0.1) is 0 Å². The van der Waals surface area contributed by atoms with E-state index in [9.17, 15) is 19.7 Å². The SMILES string of the molecule is O=C(COC(=O)c1ccccc1[N+](=O)[O-])Nc1ccc(Br)cc1Cl. The van der Waals surface area contributed by atoms with Crippen LogP contribution in [0.15, 0.2) is 46.9 Å². The zero-order valence-electron chi connectivity index (χ0n) is 12.0. The second-order valence-electron chi connectivity index (χ2n) is 4.52. The molecule has 124 valence electrons. The van der Waals surface area contributed by atoms with E-state index in [4.69, 9.17) is 16.3 Å². The molecular formula is C15H10BrClN2O5. The number of nitro groups is 1. The van der Waals surface area contributed by atoms with Gasteiger partial charge in [-0.05, 0) is 24.3 Å². The fourth-order valence-corrected chi connectivity index (χ4v) is 2.51. The van der Waals surface area contributed by atoms with Crippen LogP contribution in [0.4, 0.5) is 11.4 Å². The van der Waals surface area contributed by atoms with Crippen molar-refractivity contribution in [1.29, 1.82) is 0 Å². The number of hydrogen-bond donors (Lipinski definition) is 1. The fraction of sp³-hybridized carbons (Fsp3) is 0.0667. The Kier molecular flexibility index (Phi) is 5.88. The number of carbonyl (C=O) groups excluding carboxylic acids is 2. The van der Waals surface area contributed by atoms with Crippen LogP contribution < -0.4 is 5.32 Å². The highest BCUT2D eigenvalue weighted by atomic mass is 79.9. The van der Waals surface area contributed by atoms with Crippen LogP contribution in [0.5, 0.6) is 0 Å². The smallest absolute Gasteiger partial charge is 0.345 e. The molecule has 2 aromatic rings. The lowest BCUT2D eigenvalue weighted by Gasteiger charge is -2.08. The molecular weight excluding hydrogens is 404 g/mol. The summed E-state index contributed by atoms with van der Waals surface area (Å²) in [6.07, 6.45) is 0. The molecule has 0 aliphatic rings. The summed E-state index contributed by atoms with van der Waals surface area (Å²) in [5, 5.41) is 13.7. The van der Waals surface area contributed by atoms with Crippen molar-refractivity contribution in [2.24, 2.45) is 0 Å². The molecule has 2 rings (SSSR count). The number of esters is 1. The number of nitrogens with zero attached hydrogens (tertiary/aromatic N) is 1. The van der Waals surface area contributed by atoms with E-state index in [-0.39, 0.29) is 11.3 Å². The first-order valence-corrected chi connectivity index (χ1v) is 7.71. The molecule has 0 aromatic heterocycles. The molecule has 0 bridgehead atoms. The van der Waals surface area contributed by atoms with Gasteiger partial charge in [-0.2, -0.15) is 0 Å². The summed E-state index contributed by atoms with van der Waals surface area (Å²) in [4.78, 5) is 33.9. The van der Waals surface area contributed by atoms with Gasteiger partial charge >= 0.3 is 5.97 Å². The number of nitrogens with one attached hydrogen (secondary N) is 1. The number of amides is 1. The predicted octanol–water partition coefficient (Wildman–Crippen LogP) is 3.81. The van der Waals surface area contributed by atoms with Gasteiger partial charge in [0.2, 0.25) is 0 Å². The van der Waals surface area contributed by atoms with Gasteiger partial charge in [0.25, 0.3) is 11.6 Å². The molecule has 1 amide bonds. The fourth-order valence-electron chi connectivity index (χ4n) is 1.79. The number of nitro benzene ring substituents is 1. The van der Waals surface area contributed by atoms with E-state index < -0.39 is 23.4 Å². The minimum Gasteiger partial charge on any atom is -0.452 e. The van der Waals surface area contributed by atoms with Crippen LogP contribution in [0, 0.1) is 10.1 Å². The molecule has 1 N–H and O–H groups in total. The third-order valence-corrected chi connectivity index (χ3v) is 3.67. The van der Waals surface area contributed by atoms with Crippen LogP contribution in [0.25, 0.3) is 0 Å². The Bertz CT molecular complexity index is 812. The van der Waals surface area contributed by atoms with Crippen molar-refractivity contribution < 1.29 is 19.2 Å². The predicted molar refractivity (Wildman–Crippen MR) is 91.2 cm³/mol. The molecule has 0 radical (unpaired) electrons. The van der Waals surface area contributed by atoms with Crippen molar-refractivity contribution >= 4 is 50.8 Å². The van der Waals surface area contributed by atoms with Gasteiger partial charge in [-0.3, -0.25) is 14.9 Å². The third kappa shape index (κ3) is 4.53. The van der Waals surface area contributed by atoms with Crippen LogP contribution in [-0.2, 0) is 9.53 Å². The number of carbonyl (C=O) groups is 2. The Morgan fingerprint density at radius 2 is 1.96 bits per heavy atom. The van der Waals surface area contributed by atoms with E-state index in [0.717, 1.165) is 4.47 Å². The van der Waals surface area contributed by atoms with Gasteiger partial charge in [-0.25, -0.2) is 4.79 Å². The third-order valence-electron chi connectivity index (χ3n) is 2.86. The average molecular weight is 414 g/mol. The topological polar surface area (TPSA) is 98.5 Å². The summed E-state index contributed by atoms with van der Waals surface area (Å²) in [5.41, 5.74) is -0.262. The van der Waals surface area contributed by atoms with E-state index in [1.807, 2.05) is 0 Å². The number of hydrogen-bond acceptors (Lipinski definition) is 5. The number of benzene rings is 2. The Hall–Kier alpha value is -2.45. The Morgan fingerprint density at radius 3 is 2.62 bits per heavy atom. The lowest BCUT2D eigenvalue weighted by atomic mass is 10.2. The zero-order valence-corrected chi connectivity index (χ0v) is 14.3. The van der Waals surface area contributed by atoms with E-state index in [1.54, 1.807) is 18.2 Å². The Morgan fingerprint density at radius 1 is 1.25 bits per heavy atom. The zero-order chi connectivity index (χ0) is 17.7. The molecule has 0 spiro atoms. The minimum atomic E-state index is -0.959. The summed E-state index contributed by atoms with van der Waals surface area (Å²) < 4.78 is 5.55. The lowest BCUT2D eigenvalue weighted by molar-refractivity contribution is -0.385. The number of anilines is 1. The minimum absolute atomic E-state index is 0.225. The maximum absolute atomic E-state index is 11.9. The second kappa shape index (κ2) is 7.89. The summed E-state index contributed by atoms with van der Waals surface area (Å²) >= 11 is 9.20. The highest BCUT2D eigenvalue weighted by molar-refractivity contribution is 9.10. The van der Waals surface area contributed by atoms with E-state index in [1.165, 1.54) is 24.3 Å². The molecule has 0 saturated carbocycles. The first-order chi connectivity index (χ1) is 11.4. The monoisotopic (exact) mass is 412 g/mol. The molecule has 0 atom stereocenters. The molecule has 7 nitrogen and oxygen atoms in total. The summed E-state index contributed by atoms with van der Waals surface area (Å²) in [6.45, 7) is -0.600. The maximum atomic E-state index is 11.9. The van der Waals surface area contributed by atoms with Crippen molar-refractivity contribution in [3.05, 3.63) is 67.6 Å². The van der Waals surface area contributed by atoms with Crippen LogP contribution in [-0.4, -0.2) is 23.4 Å². The standard InChI is InChI=1S/C15H10BrClN2O5/c16-9-5-6-12(11(17)7-9)18-14(20)8-24-15(21)10-3-1-2-4-13(10)19(22)23/h1-7H,8H2,(H,18,20). The maximum Gasteiger partial charge on any atom is 0.345 e. The molecule has 0 aliphatic carbocycles. The van der Waals surface area contributed by atoms with E-state index >= 15 is 0 Å². The molecule has 0 unspecified atom stereocenters. The lowest BCUT2D eigenvalue weighted by Crippen LogP contribution is -2.21. The number of halogens is 2. The molecule has 9 heteroatoms. The Balaban J connectivity index is 1.99. The molecule has 0 fully saturated rings. The van der Waals surface area contributed by atoms with Crippen LogP contribution in [0.2, 0.25) is 5.02 Å². The van der Waals surface area contributed by atoms with Gasteiger partial charge in [0, 0.05) is 10.5 Å². The van der Waals surface area contributed by atoms with Gasteiger partial charge in [0.1, 0.15) is 5.56 Å². The second-order valence-corrected chi connectivity index (χ2v) is 5.85. The number of ether oxygens (including phenoxy) is 1. The first kappa shape index (κ1) is 17.9. The van der Waals surface area contributed by atoms with Crippen molar-refractivity contribution in [1.82, 2.24) is 0 Å². The summed E-state index contributed by atoms with van der Waals surface area (Å²) in [5.74, 6) is -1.58. The normalized spacial score (nSPS) is 10.1. The van der Waals surface area contributed by atoms with Crippen LogP contribution >= 0.6 is 27.5 Å². The van der Waals surface area contributed by atoms with E-state index in [0.29, 0.717) is 10.7 Å². The first-order valence-electron chi connectivity index (χ1n) is 6.54. The van der Waals surface area contributed by atoms with Gasteiger partial charge in [0.05, 0.1) is 15.6 Å². The van der Waals surface area contributed by atoms with E-state index in [2.05, 4.69) is 21.2 Å². The van der Waals surface area contributed by atoms with Gasteiger partial charge in [0.15, 0.2) is 6.61 Å². The largest absolute Gasteiger partial charge is 0.452 e. The molecule has 2 aromatic carbocycles. The van der Waals surface area contributed by atoms with Crippen LogP contribution in [0.3, 0.4) is 0 Å². The molecule has 0 saturated heterocycles. The quantitative estimate of drug-likeness (QED) is 0.456. The molecule has 24 heavy (non-hydrogen) atoms.